The van der Waals surface area contributed by atoms with Gasteiger partial charge in [0.1, 0.15) is 34.9 Å². The molecule has 31 heavy (non-hydrogen) atoms. The largest absolute Gasteiger partial charge is 0.472 e. The van der Waals surface area contributed by atoms with Crippen molar-refractivity contribution in [2.45, 2.75) is 62.6 Å². The Kier molecular flexibility index (Phi) is 3.50. The predicted molar refractivity (Wildman–Crippen MR) is 99.1 cm³/mol. The Balaban J connectivity index is 1.56. The summed E-state index contributed by atoms with van der Waals surface area (Å²) in [5.74, 6) is -3.35. The van der Waals surface area contributed by atoms with E-state index in [-0.39, 0.29) is 44.7 Å². The van der Waals surface area contributed by atoms with E-state index in [9.17, 15) is 19.5 Å². The minimum Gasteiger partial charge on any atom is -0.472 e. The minimum atomic E-state index is -1.73. The van der Waals surface area contributed by atoms with Crippen molar-refractivity contribution in [1.29, 1.82) is 0 Å². The number of carbonyl (C=O) groups excluding carboxylic acids is 3. The van der Waals surface area contributed by atoms with Crippen molar-refractivity contribution in [1.82, 2.24) is 0 Å². The van der Waals surface area contributed by atoms with Gasteiger partial charge in [0.05, 0.1) is 19.1 Å². The van der Waals surface area contributed by atoms with Crippen molar-refractivity contribution in [3.8, 4) is 0 Å². The second-order valence-electron chi connectivity index (χ2n) is 9.67. The van der Waals surface area contributed by atoms with Crippen molar-refractivity contribution < 1.29 is 42.9 Å². The van der Waals surface area contributed by atoms with E-state index in [0.29, 0.717) is 0 Å². The molecule has 0 amide bonds. The molecule has 1 N–H and O–H groups in total. The van der Waals surface area contributed by atoms with Crippen LogP contribution in [0.5, 0.6) is 0 Å². The van der Waals surface area contributed by atoms with Crippen molar-refractivity contribution >= 4 is 17.7 Å². The van der Waals surface area contributed by atoms with Crippen molar-refractivity contribution in [3.05, 3.63) is 24.2 Å². The molecule has 4 aliphatic heterocycles. The third-order valence-corrected chi connectivity index (χ3v) is 8.66. The van der Waals surface area contributed by atoms with Gasteiger partial charge in [-0.05, 0) is 18.4 Å². The zero-order chi connectivity index (χ0) is 21.9. The first kappa shape index (κ1) is 19.5. The van der Waals surface area contributed by atoms with Gasteiger partial charge in [-0.15, -0.1) is 0 Å². The lowest BCUT2D eigenvalue weighted by Crippen LogP contribution is -2.74. The van der Waals surface area contributed by atoms with Crippen LogP contribution in [0.15, 0.2) is 23.0 Å². The van der Waals surface area contributed by atoms with Gasteiger partial charge in [0.15, 0.2) is 11.4 Å². The van der Waals surface area contributed by atoms with Crippen LogP contribution >= 0.6 is 0 Å². The van der Waals surface area contributed by atoms with Gasteiger partial charge in [-0.25, -0.2) is 0 Å². The molecule has 5 aliphatic rings. The van der Waals surface area contributed by atoms with Crippen LogP contribution in [0.3, 0.4) is 0 Å². The van der Waals surface area contributed by atoms with Crippen molar-refractivity contribution in [2.24, 2.45) is 16.7 Å². The quantitative estimate of drug-likeness (QED) is 0.558. The zero-order valence-electron chi connectivity index (χ0n) is 17.3. The lowest BCUT2D eigenvalue weighted by atomic mass is 9.42. The van der Waals surface area contributed by atoms with Crippen LogP contribution in [-0.2, 0) is 33.3 Å². The number of furan rings is 1. The molecule has 0 aromatic carbocycles. The molecule has 2 bridgehead atoms. The number of epoxide rings is 1. The Hall–Kier alpha value is -2.23. The number of ketones is 1. The van der Waals surface area contributed by atoms with E-state index >= 15 is 0 Å². The number of cyclic esters (lactones) is 1. The molecular formula is C22H24O9. The number of aliphatic hydroxyl groups is 1. The Morgan fingerprint density at radius 1 is 1.29 bits per heavy atom. The van der Waals surface area contributed by atoms with Crippen LogP contribution in [0.4, 0.5) is 0 Å². The van der Waals surface area contributed by atoms with Crippen molar-refractivity contribution in [2.75, 3.05) is 13.2 Å². The summed E-state index contributed by atoms with van der Waals surface area (Å²) in [6.07, 6.45) is 3.31. The van der Waals surface area contributed by atoms with E-state index in [1.54, 1.807) is 6.07 Å². The van der Waals surface area contributed by atoms with E-state index < -0.39 is 51.8 Å². The highest BCUT2D eigenvalue weighted by Gasteiger charge is 2.96. The molecule has 4 saturated heterocycles. The number of esters is 2. The molecule has 7 atom stereocenters. The first-order chi connectivity index (χ1) is 14.7. The predicted octanol–water partition coefficient (Wildman–Crippen LogP) is 1.43. The van der Waals surface area contributed by atoms with Crippen LogP contribution < -0.4 is 0 Å². The fourth-order valence-corrected chi connectivity index (χ4v) is 7.25. The highest BCUT2D eigenvalue weighted by molar-refractivity contribution is 5.96. The lowest BCUT2D eigenvalue weighted by molar-refractivity contribution is -0.238. The number of ether oxygens (including phenoxy) is 4. The summed E-state index contributed by atoms with van der Waals surface area (Å²) in [6, 6.07) is 1.74. The number of carbonyl (C=O) groups is 3. The lowest BCUT2D eigenvalue weighted by Gasteiger charge is -2.57. The van der Waals surface area contributed by atoms with Crippen LogP contribution in [0.2, 0.25) is 0 Å². The standard InChI is InChI=1S/C22H24O9/c1-12-7-16(24)19(10-28-13(2)23)20(4-5-22(26,31-20)21(19)11-29-21)18(12)8-15(30-17(18)25)14-3-6-27-9-14/h3,6,9,12,15,26H,4-5,7-8,10-11H2,1-2H3/t12-,15+,18+,19-,20+,21-,22+/m1/s1. The molecule has 9 heteroatoms. The molecule has 5 heterocycles. The van der Waals surface area contributed by atoms with Gasteiger partial charge in [-0.3, -0.25) is 14.4 Å². The highest BCUT2D eigenvalue weighted by Crippen LogP contribution is 2.80. The molecule has 1 aromatic rings. The number of fused-ring (bicyclic) bond motifs is 3. The Bertz CT molecular complexity index is 997. The molecule has 3 spiro atoms. The zero-order valence-corrected chi connectivity index (χ0v) is 17.3. The third kappa shape index (κ3) is 1.85. The Morgan fingerprint density at radius 3 is 2.71 bits per heavy atom. The maximum Gasteiger partial charge on any atom is 0.316 e. The van der Waals surface area contributed by atoms with Gasteiger partial charge < -0.3 is 28.5 Å². The molecule has 5 fully saturated rings. The fraction of sp³-hybridized carbons (Fsp3) is 0.682. The molecule has 9 nitrogen and oxygen atoms in total. The van der Waals surface area contributed by atoms with Crippen LogP contribution in [0.1, 0.15) is 51.2 Å². The summed E-state index contributed by atoms with van der Waals surface area (Å²) in [4.78, 5) is 39.1. The summed E-state index contributed by atoms with van der Waals surface area (Å²) in [5.41, 5.74) is -4.69. The molecule has 0 radical (unpaired) electrons. The van der Waals surface area contributed by atoms with Crippen molar-refractivity contribution in [3.63, 3.8) is 0 Å². The van der Waals surface area contributed by atoms with Crippen LogP contribution in [0, 0.1) is 16.7 Å². The summed E-state index contributed by atoms with van der Waals surface area (Å²) < 4.78 is 28.6. The van der Waals surface area contributed by atoms with Crippen LogP contribution in [-0.4, -0.2) is 53.0 Å². The second kappa shape index (κ2) is 5.57. The molecule has 0 unspecified atom stereocenters. The van der Waals surface area contributed by atoms with E-state index in [0.717, 1.165) is 5.56 Å². The first-order valence-electron chi connectivity index (χ1n) is 10.6. The Labute approximate surface area is 177 Å². The molecular weight excluding hydrogens is 408 g/mol. The van der Waals surface area contributed by atoms with Gasteiger partial charge in [0.2, 0.25) is 0 Å². The highest BCUT2D eigenvalue weighted by atomic mass is 16.7. The maximum atomic E-state index is 13.7. The summed E-state index contributed by atoms with van der Waals surface area (Å²) in [6.45, 7) is 2.91. The van der Waals surface area contributed by atoms with Crippen LogP contribution in [0.25, 0.3) is 0 Å². The van der Waals surface area contributed by atoms with E-state index in [2.05, 4.69) is 0 Å². The maximum absolute atomic E-state index is 13.7. The molecule has 6 rings (SSSR count). The molecule has 1 aromatic heterocycles. The second-order valence-corrected chi connectivity index (χ2v) is 9.67. The number of rotatable bonds is 3. The summed E-state index contributed by atoms with van der Waals surface area (Å²) in [5, 5.41) is 11.5. The monoisotopic (exact) mass is 432 g/mol. The average molecular weight is 432 g/mol. The average Bonchev–Trinajstić information content (AvgIpc) is 3.04. The van der Waals surface area contributed by atoms with Gasteiger partial charge in [-0.2, -0.15) is 0 Å². The number of hydrogen-bond donors (Lipinski definition) is 1. The van der Waals surface area contributed by atoms with E-state index in [1.807, 2.05) is 6.92 Å². The minimum absolute atomic E-state index is 0.0702. The smallest absolute Gasteiger partial charge is 0.316 e. The van der Waals surface area contributed by atoms with Gasteiger partial charge >= 0.3 is 11.9 Å². The Morgan fingerprint density at radius 2 is 2.06 bits per heavy atom. The van der Waals surface area contributed by atoms with Gasteiger partial charge in [-0.1, -0.05) is 6.92 Å². The normalized spacial score (nSPS) is 49.5. The number of Topliss-reactive ketones (excluding diaryl/α,β-unsaturated/α-hetero) is 1. The van der Waals surface area contributed by atoms with E-state index in [4.69, 9.17) is 23.4 Å². The van der Waals surface area contributed by atoms with Gasteiger partial charge in [0, 0.05) is 31.7 Å². The molecule has 1 aliphatic carbocycles. The molecule has 1 saturated carbocycles. The third-order valence-electron chi connectivity index (χ3n) is 8.66. The SMILES string of the molecule is CC(=O)OC[C@@]12C(=O)C[C@@H](C)[C@]3(C[C@@H](c4ccoc4)OC3=O)[C@@]13CC[C@](O)(O3)[C@@]21CO1. The summed E-state index contributed by atoms with van der Waals surface area (Å²) >= 11 is 0. The van der Waals surface area contributed by atoms with Gasteiger partial charge in [0.25, 0.3) is 0 Å². The fourth-order valence-electron chi connectivity index (χ4n) is 7.25. The molecule has 166 valence electrons. The topological polar surface area (TPSA) is 125 Å². The summed E-state index contributed by atoms with van der Waals surface area (Å²) in [7, 11) is 0. The van der Waals surface area contributed by atoms with E-state index in [1.165, 1.54) is 19.5 Å². The number of hydrogen-bond acceptors (Lipinski definition) is 9. The first-order valence-corrected chi connectivity index (χ1v) is 10.6.